The molecule has 0 aliphatic heterocycles. The van der Waals surface area contributed by atoms with Gasteiger partial charge in [0.2, 0.25) is 0 Å². The minimum atomic E-state index is -0.244. The van der Waals surface area contributed by atoms with Gasteiger partial charge < -0.3 is 10.1 Å². The molecule has 1 aromatic carbocycles. The lowest BCUT2D eigenvalue weighted by Gasteiger charge is -2.16. The SMILES string of the molecule is CC(C)CNCc1cccc(F)c1OCC1CCCC1. The van der Waals surface area contributed by atoms with Gasteiger partial charge in [0.05, 0.1) is 6.61 Å². The summed E-state index contributed by atoms with van der Waals surface area (Å²) < 4.78 is 19.8. The molecule has 0 heterocycles. The zero-order valence-corrected chi connectivity index (χ0v) is 12.6. The average Bonchev–Trinajstić information content (AvgIpc) is 2.90. The van der Waals surface area contributed by atoms with E-state index < -0.39 is 0 Å². The lowest BCUT2D eigenvalue weighted by atomic mass is 10.1. The summed E-state index contributed by atoms with van der Waals surface area (Å²) in [4.78, 5) is 0. The van der Waals surface area contributed by atoms with Crippen molar-refractivity contribution in [2.75, 3.05) is 13.2 Å². The summed E-state index contributed by atoms with van der Waals surface area (Å²) in [6.07, 6.45) is 5.01. The lowest BCUT2D eigenvalue weighted by molar-refractivity contribution is 0.239. The van der Waals surface area contributed by atoms with Crippen LogP contribution in [-0.2, 0) is 6.54 Å². The molecule has 0 saturated heterocycles. The van der Waals surface area contributed by atoms with Crippen LogP contribution in [0.1, 0.15) is 45.1 Å². The molecule has 0 unspecified atom stereocenters. The van der Waals surface area contributed by atoms with E-state index in [1.165, 1.54) is 31.7 Å². The second-order valence-corrected chi connectivity index (χ2v) is 6.21. The van der Waals surface area contributed by atoms with E-state index >= 15 is 0 Å². The highest BCUT2D eigenvalue weighted by Crippen LogP contribution is 2.28. The summed E-state index contributed by atoms with van der Waals surface area (Å²) in [7, 11) is 0. The summed E-state index contributed by atoms with van der Waals surface area (Å²) >= 11 is 0. The fourth-order valence-electron chi connectivity index (χ4n) is 2.73. The van der Waals surface area contributed by atoms with Crippen molar-refractivity contribution in [1.29, 1.82) is 0 Å². The zero-order chi connectivity index (χ0) is 14.4. The van der Waals surface area contributed by atoms with Crippen LogP contribution in [0.4, 0.5) is 4.39 Å². The Balaban J connectivity index is 1.94. The van der Waals surface area contributed by atoms with Crippen LogP contribution in [0.15, 0.2) is 18.2 Å². The molecule has 1 aliphatic carbocycles. The Kier molecular flexibility index (Phi) is 5.84. The summed E-state index contributed by atoms with van der Waals surface area (Å²) in [5.74, 6) is 1.39. The van der Waals surface area contributed by atoms with Gasteiger partial charge in [0.1, 0.15) is 0 Å². The molecule has 1 fully saturated rings. The van der Waals surface area contributed by atoms with Gasteiger partial charge in [-0.25, -0.2) is 4.39 Å². The molecule has 0 atom stereocenters. The maximum atomic E-state index is 14.0. The maximum Gasteiger partial charge on any atom is 0.165 e. The van der Waals surface area contributed by atoms with E-state index in [2.05, 4.69) is 19.2 Å². The number of benzene rings is 1. The van der Waals surface area contributed by atoms with Crippen molar-refractivity contribution < 1.29 is 9.13 Å². The number of rotatable bonds is 7. The molecule has 20 heavy (non-hydrogen) atoms. The fraction of sp³-hybridized carbons (Fsp3) is 0.647. The van der Waals surface area contributed by atoms with Gasteiger partial charge >= 0.3 is 0 Å². The zero-order valence-electron chi connectivity index (χ0n) is 12.6. The lowest BCUT2D eigenvalue weighted by Crippen LogP contribution is -2.20. The molecule has 112 valence electrons. The monoisotopic (exact) mass is 279 g/mol. The number of hydrogen-bond acceptors (Lipinski definition) is 2. The highest BCUT2D eigenvalue weighted by Gasteiger charge is 2.17. The summed E-state index contributed by atoms with van der Waals surface area (Å²) in [5.41, 5.74) is 0.920. The molecular formula is C17H26FNO. The van der Waals surface area contributed by atoms with E-state index in [0.717, 1.165) is 12.1 Å². The molecule has 0 spiro atoms. The first-order valence-electron chi connectivity index (χ1n) is 7.77. The molecule has 1 aromatic rings. The van der Waals surface area contributed by atoms with Crippen LogP contribution in [0.25, 0.3) is 0 Å². The van der Waals surface area contributed by atoms with Gasteiger partial charge in [-0.05, 0) is 37.3 Å². The van der Waals surface area contributed by atoms with Crippen molar-refractivity contribution in [2.24, 2.45) is 11.8 Å². The summed E-state index contributed by atoms with van der Waals surface area (Å²) in [6.45, 7) is 6.57. The van der Waals surface area contributed by atoms with E-state index in [4.69, 9.17) is 4.74 Å². The Morgan fingerprint density at radius 3 is 2.75 bits per heavy atom. The largest absolute Gasteiger partial charge is 0.490 e. The third kappa shape index (κ3) is 4.48. The molecule has 2 rings (SSSR count). The Bertz CT molecular complexity index is 413. The van der Waals surface area contributed by atoms with Crippen LogP contribution >= 0.6 is 0 Å². The van der Waals surface area contributed by atoms with Crippen molar-refractivity contribution >= 4 is 0 Å². The Morgan fingerprint density at radius 2 is 2.05 bits per heavy atom. The van der Waals surface area contributed by atoms with Gasteiger partial charge in [-0.1, -0.05) is 38.8 Å². The molecule has 3 heteroatoms. The first kappa shape index (κ1) is 15.3. The molecular weight excluding hydrogens is 253 g/mol. The number of ether oxygens (including phenoxy) is 1. The van der Waals surface area contributed by atoms with Crippen LogP contribution in [-0.4, -0.2) is 13.2 Å². The quantitative estimate of drug-likeness (QED) is 0.810. The van der Waals surface area contributed by atoms with E-state index in [1.807, 2.05) is 6.07 Å². The van der Waals surface area contributed by atoms with E-state index in [1.54, 1.807) is 6.07 Å². The molecule has 1 saturated carbocycles. The highest BCUT2D eigenvalue weighted by atomic mass is 19.1. The van der Waals surface area contributed by atoms with Crippen LogP contribution < -0.4 is 10.1 Å². The molecule has 1 N–H and O–H groups in total. The minimum Gasteiger partial charge on any atom is -0.490 e. The van der Waals surface area contributed by atoms with Gasteiger partial charge in [0.25, 0.3) is 0 Å². The van der Waals surface area contributed by atoms with Crippen molar-refractivity contribution in [2.45, 2.75) is 46.1 Å². The van der Waals surface area contributed by atoms with Crippen LogP contribution in [0.5, 0.6) is 5.75 Å². The van der Waals surface area contributed by atoms with Gasteiger partial charge in [-0.2, -0.15) is 0 Å². The molecule has 1 aliphatic rings. The molecule has 0 radical (unpaired) electrons. The molecule has 0 amide bonds. The topological polar surface area (TPSA) is 21.3 Å². The Hall–Kier alpha value is -1.09. The summed E-state index contributed by atoms with van der Waals surface area (Å²) in [6, 6.07) is 5.18. The number of para-hydroxylation sites is 1. The smallest absolute Gasteiger partial charge is 0.165 e. The first-order chi connectivity index (χ1) is 9.66. The third-order valence-corrected chi connectivity index (χ3v) is 3.85. The van der Waals surface area contributed by atoms with E-state index in [-0.39, 0.29) is 5.82 Å². The standard InChI is InChI=1S/C17H26FNO/c1-13(2)10-19-11-15-8-5-9-16(18)17(15)20-12-14-6-3-4-7-14/h5,8-9,13-14,19H,3-4,6-7,10-12H2,1-2H3. The van der Waals surface area contributed by atoms with Gasteiger partial charge in [0.15, 0.2) is 11.6 Å². The third-order valence-electron chi connectivity index (χ3n) is 3.85. The van der Waals surface area contributed by atoms with E-state index in [0.29, 0.717) is 30.7 Å². The average molecular weight is 279 g/mol. The highest BCUT2D eigenvalue weighted by molar-refractivity contribution is 5.34. The fourth-order valence-corrected chi connectivity index (χ4v) is 2.73. The predicted octanol–water partition coefficient (Wildman–Crippen LogP) is 4.14. The molecule has 0 aromatic heterocycles. The first-order valence-corrected chi connectivity index (χ1v) is 7.77. The second-order valence-electron chi connectivity index (χ2n) is 6.21. The predicted molar refractivity (Wildman–Crippen MR) is 80.4 cm³/mol. The van der Waals surface area contributed by atoms with Gasteiger partial charge in [-0.3, -0.25) is 0 Å². The molecule has 2 nitrogen and oxygen atoms in total. The van der Waals surface area contributed by atoms with Crippen molar-refractivity contribution in [3.63, 3.8) is 0 Å². The normalized spacial score (nSPS) is 16.0. The van der Waals surface area contributed by atoms with Crippen molar-refractivity contribution in [3.05, 3.63) is 29.6 Å². The van der Waals surface area contributed by atoms with Crippen molar-refractivity contribution in [1.82, 2.24) is 5.32 Å². The Morgan fingerprint density at radius 1 is 1.30 bits per heavy atom. The number of hydrogen-bond donors (Lipinski definition) is 1. The number of halogens is 1. The van der Waals surface area contributed by atoms with Gasteiger partial charge in [0, 0.05) is 12.1 Å². The number of nitrogens with one attached hydrogen (secondary N) is 1. The maximum absolute atomic E-state index is 14.0. The second kappa shape index (κ2) is 7.63. The van der Waals surface area contributed by atoms with Crippen molar-refractivity contribution in [3.8, 4) is 5.75 Å². The molecule has 0 bridgehead atoms. The Labute approximate surface area is 121 Å². The minimum absolute atomic E-state index is 0.244. The van der Waals surface area contributed by atoms with Crippen LogP contribution in [0, 0.1) is 17.7 Å². The summed E-state index contributed by atoms with van der Waals surface area (Å²) in [5, 5.41) is 3.35. The van der Waals surface area contributed by atoms with E-state index in [9.17, 15) is 4.39 Å². The van der Waals surface area contributed by atoms with Crippen LogP contribution in [0.2, 0.25) is 0 Å². The van der Waals surface area contributed by atoms with Crippen LogP contribution in [0.3, 0.4) is 0 Å². The van der Waals surface area contributed by atoms with Gasteiger partial charge in [-0.15, -0.1) is 0 Å².